The van der Waals surface area contributed by atoms with Gasteiger partial charge in [-0.05, 0) is 12.0 Å². The van der Waals surface area contributed by atoms with Gasteiger partial charge in [-0.15, -0.1) is 17.5 Å². The SMILES string of the molecule is CCC1=C=CSC1. The minimum Gasteiger partial charge on any atom is -0.121 e. The maximum atomic E-state index is 3.16. The van der Waals surface area contributed by atoms with Gasteiger partial charge in [0, 0.05) is 11.2 Å². The van der Waals surface area contributed by atoms with Gasteiger partial charge in [-0.2, -0.15) is 0 Å². The Hall–Kier alpha value is -0.130. The fourth-order valence-corrected chi connectivity index (χ4v) is 1.34. The third kappa shape index (κ3) is 1.12. The van der Waals surface area contributed by atoms with Crippen molar-refractivity contribution < 1.29 is 0 Å². The van der Waals surface area contributed by atoms with Gasteiger partial charge in [0.2, 0.25) is 0 Å². The van der Waals surface area contributed by atoms with E-state index in [-0.39, 0.29) is 0 Å². The summed E-state index contributed by atoms with van der Waals surface area (Å²) in [5.41, 5.74) is 4.61. The summed E-state index contributed by atoms with van der Waals surface area (Å²) in [4.78, 5) is 0. The highest BCUT2D eigenvalue weighted by atomic mass is 32.2. The van der Waals surface area contributed by atoms with E-state index >= 15 is 0 Å². The van der Waals surface area contributed by atoms with Crippen LogP contribution >= 0.6 is 11.8 Å². The predicted molar refractivity (Wildman–Crippen MR) is 34.3 cm³/mol. The molecule has 0 saturated carbocycles. The summed E-state index contributed by atoms with van der Waals surface area (Å²) >= 11 is 1.83. The molecule has 0 saturated heterocycles. The Kier molecular flexibility index (Phi) is 1.61. The van der Waals surface area contributed by atoms with Crippen molar-refractivity contribution in [3.05, 3.63) is 16.7 Å². The molecule has 0 aromatic rings. The Morgan fingerprint density at radius 1 is 2.00 bits per heavy atom. The van der Waals surface area contributed by atoms with Crippen molar-refractivity contribution in [2.45, 2.75) is 13.3 Å². The first kappa shape index (κ1) is 5.02. The Balaban J connectivity index is 2.54. The molecular formula is C6H8S. The van der Waals surface area contributed by atoms with Gasteiger partial charge in [0.1, 0.15) is 0 Å². The van der Waals surface area contributed by atoms with Crippen LogP contribution in [0.5, 0.6) is 0 Å². The highest BCUT2D eigenvalue weighted by molar-refractivity contribution is 8.02. The van der Waals surface area contributed by atoms with Gasteiger partial charge in [-0.25, -0.2) is 0 Å². The van der Waals surface area contributed by atoms with Crippen LogP contribution < -0.4 is 0 Å². The molecular weight excluding hydrogens is 104 g/mol. The lowest BCUT2D eigenvalue weighted by molar-refractivity contribution is 1.12. The van der Waals surface area contributed by atoms with Crippen LogP contribution in [0.15, 0.2) is 16.7 Å². The maximum absolute atomic E-state index is 3.16. The lowest BCUT2D eigenvalue weighted by Crippen LogP contribution is -1.74. The topological polar surface area (TPSA) is 0 Å². The van der Waals surface area contributed by atoms with E-state index in [9.17, 15) is 0 Å². The van der Waals surface area contributed by atoms with Crippen LogP contribution in [0.1, 0.15) is 13.3 Å². The first-order valence-electron chi connectivity index (χ1n) is 2.48. The molecule has 0 amide bonds. The second-order valence-corrected chi connectivity index (χ2v) is 2.39. The average molecular weight is 112 g/mol. The molecule has 0 nitrogen and oxygen atoms in total. The summed E-state index contributed by atoms with van der Waals surface area (Å²) in [7, 11) is 0. The number of thioether (sulfide) groups is 1. The first-order valence-corrected chi connectivity index (χ1v) is 3.53. The second-order valence-electron chi connectivity index (χ2n) is 1.53. The van der Waals surface area contributed by atoms with Crippen LogP contribution in [-0.2, 0) is 0 Å². The smallest absolute Gasteiger partial charge is 0.0267 e. The van der Waals surface area contributed by atoms with Gasteiger partial charge in [0.05, 0.1) is 0 Å². The van der Waals surface area contributed by atoms with Crippen molar-refractivity contribution in [2.75, 3.05) is 5.75 Å². The molecule has 0 fully saturated rings. The van der Waals surface area contributed by atoms with Crippen LogP contribution in [0.4, 0.5) is 0 Å². The molecule has 1 aliphatic heterocycles. The monoisotopic (exact) mass is 112 g/mol. The molecule has 0 aromatic heterocycles. The van der Waals surface area contributed by atoms with Gasteiger partial charge >= 0.3 is 0 Å². The van der Waals surface area contributed by atoms with Gasteiger partial charge < -0.3 is 0 Å². The maximum Gasteiger partial charge on any atom is 0.0267 e. The fourth-order valence-electron chi connectivity index (χ4n) is 0.513. The van der Waals surface area contributed by atoms with E-state index in [0.717, 1.165) is 0 Å². The summed E-state index contributed by atoms with van der Waals surface area (Å²) in [5, 5.41) is 2.04. The average Bonchev–Trinajstić information content (AvgIpc) is 2.14. The third-order valence-electron chi connectivity index (χ3n) is 1.03. The lowest BCUT2D eigenvalue weighted by Gasteiger charge is -1.87. The van der Waals surface area contributed by atoms with E-state index in [2.05, 4.69) is 12.7 Å². The largest absolute Gasteiger partial charge is 0.121 e. The van der Waals surface area contributed by atoms with Gasteiger partial charge in [-0.3, -0.25) is 0 Å². The molecule has 0 radical (unpaired) electrons. The molecule has 0 unspecified atom stereocenters. The molecule has 0 aromatic carbocycles. The molecule has 0 N–H and O–H groups in total. The molecule has 0 aliphatic carbocycles. The predicted octanol–water partition coefficient (Wildman–Crippen LogP) is 2.18. The summed E-state index contributed by atoms with van der Waals surface area (Å²) in [5.74, 6) is 1.18. The molecule has 1 aliphatic rings. The quantitative estimate of drug-likeness (QED) is 0.468. The summed E-state index contributed by atoms with van der Waals surface area (Å²) in [6.45, 7) is 2.17. The highest BCUT2D eigenvalue weighted by Crippen LogP contribution is 2.16. The zero-order chi connectivity index (χ0) is 5.11. The minimum atomic E-state index is 1.17. The van der Waals surface area contributed by atoms with Gasteiger partial charge in [0.25, 0.3) is 0 Å². The standard InChI is InChI=1S/C6H8S/c1-2-6-3-4-7-5-6/h4H,2,5H2,1H3. The van der Waals surface area contributed by atoms with Crippen LogP contribution in [0, 0.1) is 0 Å². The Morgan fingerprint density at radius 3 is 3.14 bits per heavy atom. The lowest BCUT2D eigenvalue weighted by atomic mass is 10.3. The third-order valence-corrected chi connectivity index (χ3v) is 1.83. The minimum absolute atomic E-state index is 1.17. The second kappa shape index (κ2) is 2.25. The van der Waals surface area contributed by atoms with Crippen molar-refractivity contribution >= 4 is 11.8 Å². The van der Waals surface area contributed by atoms with Crippen LogP contribution in [0.2, 0.25) is 0 Å². The number of rotatable bonds is 1. The first-order chi connectivity index (χ1) is 3.43. The van der Waals surface area contributed by atoms with E-state index in [1.165, 1.54) is 17.7 Å². The molecule has 38 valence electrons. The highest BCUT2D eigenvalue weighted by Gasteiger charge is 1.94. The summed E-state index contributed by atoms with van der Waals surface area (Å²) < 4.78 is 0. The zero-order valence-electron chi connectivity index (χ0n) is 4.40. The summed E-state index contributed by atoms with van der Waals surface area (Å²) in [6, 6.07) is 0. The van der Waals surface area contributed by atoms with Crippen LogP contribution in [0.25, 0.3) is 0 Å². The van der Waals surface area contributed by atoms with Crippen molar-refractivity contribution in [3.8, 4) is 0 Å². The Labute approximate surface area is 48.3 Å². The zero-order valence-corrected chi connectivity index (χ0v) is 5.22. The number of hydrogen-bond acceptors (Lipinski definition) is 1. The van der Waals surface area contributed by atoms with E-state index in [4.69, 9.17) is 0 Å². The molecule has 1 heterocycles. The molecule has 1 heteroatoms. The van der Waals surface area contributed by atoms with E-state index in [1.54, 1.807) is 0 Å². The molecule has 0 bridgehead atoms. The van der Waals surface area contributed by atoms with Gasteiger partial charge in [0.15, 0.2) is 0 Å². The molecule has 7 heavy (non-hydrogen) atoms. The van der Waals surface area contributed by atoms with Gasteiger partial charge in [-0.1, -0.05) is 6.92 Å². The number of hydrogen-bond donors (Lipinski definition) is 0. The molecule has 0 spiro atoms. The van der Waals surface area contributed by atoms with Crippen molar-refractivity contribution in [2.24, 2.45) is 0 Å². The summed E-state index contributed by atoms with van der Waals surface area (Å²) in [6.07, 6.45) is 1.17. The van der Waals surface area contributed by atoms with Crippen LogP contribution in [0.3, 0.4) is 0 Å². The van der Waals surface area contributed by atoms with E-state index < -0.39 is 0 Å². The Morgan fingerprint density at radius 2 is 2.86 bits per heavy atom. The molecule has 0 atom stereocenters. The van der Waals surface area contributed by atoms with Crippen LogP contribution in [-0.4, -0.2) is 5.75 Å². The van der Waals surface area contributed by atoms with Crippen molar-refractivity contribution in [1.82, 2.24) is 0 Å². The molecule has 1 rings (SSSR count). The van der Waals surface area contributed by atoms with E-state index in [1.807, 2.05) is 17.2 Å². The normalized spacial score (nSPS) is 17.6. The fraction of sp³-hybridized carbons (Fsp3) is 0.500. The van der Waals surface area contributed by atoms with E-state index in [0.29, 0.717) is 0 Å². The van der Waals surface area contributed by atoms with Crippen molar-refractivity contribution in [3.63, 3.8) is 0 Å². The Bertz CT molecular complexity index is 114. The van der Waals surface area contributed by atoms with Crippen molar-refractivity contribution in [1.29, 1.82) is 0 Å².